The molecule has 0 aliphatic carbocycles. The van der Waals surface area contributed by atoms with Crippen LogP contribution in [0.2, 0.25) is 0 Å². The van der Waals surface area contributed by atoms with Gasteiger partial charge >= 0.3 is 0 Å². The van der Waals surface area contributed by atoms with Crippen LogP contribution in [0.25, 0.3) is 0 Å². The number of hydrogen-bond acceptors (Lipinski definition) is 2. The van der Waals surface area contributed by atoms with E-state index in [2.05, 4.69) is 5.32 Å². The monoisotopic (exact) mass is 390 g/mol. The van der Waals surface area contributed by atoms with Crippen LogP contribution >= 0.6 is 0 Å². The summed E-state index contributed by atoms with van der Waals surface area (Å²) in [5, 5.41) is 2.93. The Kier molecular flexibility index (Phi) is 6.74. The molecule has 1 atom stereocenters. The summed E-state index contributed by atoms with van der Waals surface area (Å²) in [7, 11) is 0. The van der Waals surface area contributed by atoms with Crippen LogP contribution < -0.4 is 5.32 Å². The maximum absolute atomic E-state index is 13.3. The maximum atomic E-state index is 13.3. The molecule has 29 heavy (non-hydrogen) atoms. The van der Waals surface area contributed by atoms with E-state index < -0.39 is 6.04 Å². The van der Waals surface area contributed by atoms with Gasteiger partial charge in [-0.1, -0.05) is 72.8 Å². The number of rotatable bonds is 7. The lowest BCUT2D eigenvalue weighted by molar-refractivity contribution is -0.140. The zero-order valence-corrected chi connectivity index (χ0v) is 16.2. The van der Waals surface area contributed by atoms with Crippen molar-refractivity contribution >= 4 is 11.8 Å². The van der Waals surface area contributed by atoms with Crippen molar-refractivity contribution in [1.82, 2.24) is 10.2 Å². The third kappa shape index (κ3) is 5.51. The summed E-state index contributed by atoms with van der Waals surface area (Å²) >= 11 is 0. The van der Waals surface area contributed by atoms with Crippen molar-refractivity contribution in [1.29, 1.82) is 0 Å². The fraction of sp³-hybridized carbons (Fsp3) is 0.167. The smallest absolute Gasteiger partial charge is 0.247 e. The first-order valence-electron chi connectivity index (χ1n) is 9.43. The van der Waals surface area contributed by atoms with Gasteiger partial charge in [0.1, 0.15) is 11.9 Å². The standard InChI is InChI=1S/C24H23FN2O2/c1-18(28)27(17-20-12-14-22(25)15-13-20)23(21-10-6-3-7-11-21)24(29)26-16-19-8-4-2-5-9-19/h2-15,23H,16-17H2,1H3,(H,26,29). The molecule has 0 saturated heterocycles. The molecule has 0 heterocycles. The number of benzene rings is 3. The van der Waals surface area contributed by atoms with Crippen molar-refractivity contribution in [2.24, 2.45) is 0 Å². The van der Waals surface area contributed by atoms with E-state index in [1.54, 1.807) is 12.1 Å². The van der Waals surface area contributed by atoms with Crippen LogP contribution in [0.5, 0.6) is 0 Å². The lowest BCUT2D eigenvalue weighted by Gasteiger charge is -2.30. The molecule has 0 spiro atoms. The SMILES string of the molecule is CC(=O)N(Cc1ccc(F)cc1)C(C(=O)NCc1ccccc1)c1ccccc1. The van der Waals surface area contributed by atoms with Gasteiger partial charge in [-0.05, 0) is 28.8 Å². The second-order valence-electron chi connectivity index (χ2n) is 6.79. The zero-order chi connectivity index (χ0) is 20.6. The Bertz CT molecular complexity index is 944. The molecule has 0 radical (unpaired) electrons. The maximum Gasteiger partial charge on any atom is 0.247 e. The average Bonchev–Trinajstić information content (AvgIpc) is 2.74. The molecule has 2 amide bonds. The molecule has 0 saturated carbocycles. The van der Waals surface area contributed by atoms with E-state index in [9.17, 15) is 14.0 Å². The van der Waals surface area contributed by atoms with E-state index in [-0.39, 0.29) is 24.2 Å². The summed E-state index contributed by atoms with van der Waals surface area (Å²) in [5.41, 5.74) is 2.44. The first kappa shape index (κ1) is 20.3. The summed E-state index contributed by atoms with van der Waals surface area (Å²) in [6.07, 6.45) is 0. The van der Waals surface area contributed by atoms with Crippen LogP contribution in [0, 0.1) is 5.82 Å². The minimum absolute atomic E-state index is 0.202. The van der Waals surface area contributed by atoms with E-state index in [0.29, 0.717) is 6.54 Å². The molecule has 3 rings (SSSR count). The summed E-state index contributed by atoms with van der Waals surface area (Å²) < 4.78 is 13.3. The Labute approximate surface area is 170 Å². The van der Waals surface area contributed by atoms with Crippen LogP contribution in [0.4, 0.5) is 4.39 Å². The first-order valence-corrected chi connectivity index (χ1v) is 9.43. The zero-order valence-electron chi connectivity index (χ0n) is 16.2. The molecular formula is C24H23FN2O2. The Morgan fingerprint density at radius 3 is 2.03 bits per heavy atom. The largest absolute Gasteiger partial charge is 0.350 e. The Morgan fingerprint density at radius 1 is 0.862 bits per heavy atom. The molecule has 0 aliphatic rings. The molecule has 0 aliphatic heterocycles. The molecule has 5 heteroatoms. The number of halogens is 1. The Hall–Kier alpha value is -3.47. The summed E-state index contributed by atoms with van der Waals surface area (Å²) in [5.74, 6) is -0.848. The van der Waals surface area contributed by atoms with Crippen molar-refractivity contribution in [2.45, 2.75) is 26.1 Å². The first-order chi connectivity index (χ1) is 14.0. The highest BCUT2D eigenvalue weighted by molar-refractivity contribution is 5.88. The topological polar surface area (TPSA) is 49.4 Å². The molecule has 0 fully saturated rings. The van der Waals surface area contributed by atoms with Gasteiger partial charge in [0.05, 0.1) is 0 Å². The van der Waals surface area contributed by atoms with E-state index in [4.69, 9.17) is 0 Å². The average molecular weight is 390 g/mol. The fourth-order valence-corrected chi connectivity index (χ4v) is 3.16. The lowest BCUT2D eigenvalue weighted by Crippen LogP contribution is -2.42. The van der Waals surface area contributed by atoms with Gasteiger partial charge in [-0.25, -0.2) is 4.39 Å². The van der Waals surface area contributed by atoms with Crippen molar-refractivity contribution in [3.05, 3.63) is 107 Å². The van der Waals surface area contributed by atoms with Crippen LogP contribution in [0.3, 0.4) is 0 Å². The van der Waals surface area contributed by atoms with Crippen molar-refractivity contribution in [2.75, 3.05) is 0 Å². The highest BCUT2D eigenvalue weighted by Crippen LogP contribution is 2.24. The number of nitrogens with one attached hydrogen (secondary N) is 1. The minimum Gasteiger partial charge on any atom is -0.350 e. The van der Waals surface area contributed by atoms with Gasteiger partial charge in [-0.3, -0.25) is 9.59 Å². The molecule has 148 valence electrons. The molecule has 3 aromatic rings. The highest BCUT2D eigenvalue weighted by atomic mass is 19.1. The molecule has 1 N–H and O–H groups in total. The second kappa shape index (κ2) is 9.64. The molecular weight excluding hydrogens is 367 g/mol. The summed E-state index contributed by atoms with van der Waals surface area (Å²) in [4.78, 5) is 27.1. The van der Waals surface area contributed by atoms with Crippen LogP contribution in [0.1, 0.15) is 29.7 Å². The Balaban J connectivity index is 1.86. The van der Waals surface area contributed by atoms with Gasteiger partial charge in [-0.2, -0.15) is 0 Å². The minimum atomic E-state index is -0.789. The van der Waals surface area contributed by atoms with E-state index >= 15 is 0 Å². The number of amides is 2. The van der Waals surface area contributed by atoms with Gasteiger partial charge in [0.15, 0.2) is 0 Å². The van der Waals surface area contributed by atoms with Gasteiger partial charge in [-0.15, -0.1) is 0 Å². The molecule has 0 aromatic heterocycles. The van der Waals surface area contributed by atoms with Gasteiger partial charge in [0, 0.05) is 20.0 Å². The number of carbonyl (C=O) groups excluding carboxylic acids is 2. The van der Waals surface area contributed by atoms with Gasteiger partial charge < -0.3 is 10.2 Å². The van der Waals surface area contributed by atoms with Gasteiger partial charge in [0.25, 0.3) is 0 Å². The van der Waals surface area contributed by atoms with Crippen molar-refractivity contribution in [3.8, 4) is 0 Å². The van der Waals surface area contributed by atoms with E-state index in [0.717, 1.165) is 16.7 Å². The lowest BCUT2D eigenvalue weighted by atomic mass is 10.0. The summed E-state index contributed by atoms with van der Waals surface area (Å²) in [6, 6.07) is 23.9. The van der Waals surface area contributed by atoms with Gasteiger partial charge in [0.2, 0.25) is 11.8 Å². The molecule has 0 bridgehead atoms. The third-order valence-corrected chi connectivity index (χ3v) is 4.66. The molecule has 4 nitrogen and oxygen atoms in total. The van der Waals surface area contributed by atoms with E-state index in [1.807, 2.05) is 60.7 Å². The second-order valence-corrected chi connectivity index (χ2v) is 6.79. The predicted molar refractivity (Wildman–Crippen MR) is 110 cm³/mol. The predicted octanol–water partition coefficient (Wildman–Crippen LogP) is 4.23. The molecule has 1 unspecified atom stereocenters. The summed E-state index contributed by atoms with van der Waals surface area (Å²) in [6.45, 7) is 2.00. The number of nitrogens with zero attached hydrogens (tertiary/aromatic N) is 1. The van der Waals surface area contributed by atoms with Crippen molar-refractivity contribution < 1.29 is 14.0 Å². The van der Waals surface area contributed by atoms with E-state index in [1.165, 1.54) is 24.0 Å². The fourth-order valence-electron chi connectivity index (χ4n) is 3.16. The normalized spacial score (nSPS) is 11.5. The third-order valence-electron chi connectivity index (χ3n) is 4.66. The van der Waals surface area contributed by atoms with Crippen LogP contribution in [-0.4, -0.2) is 16.7 Å². The number of carbonyl (C=O) groups is 2. The number of hydrogen-bond donors (Lipinski definition) is 1. The Morgan fingerprint density at radius 2 is 1.45 bits per heavy atom. The van der Waals surface area contributed by atoms with Crippen LogP contribution in [-0.2, 0) is 22.7 Å². The quantitative estimate of drug-likeness (QED) is 0.656. The van der Waals surface area contributed by atoms with Crippen molar-refractivity contribution in [3.63, 3.8) is 0 Å². The molecule has 3 aromatic carbocycles. The highest BCUT2D eigenvalue weighted by Gasteiger charge is 2.29. The van der Waals surface area contributed by atoms with Crippen LogP contribution in [0.15, 0.2) is 84.9 Å².